The summed E-state index contributed by atoms with van der Waals surface area (Å²) in [6, 6.07) is 6.53. The zero-order chi connectivity index (χ0) is 15.2. The average Bonchev–Trinajstić information content (AvgIpc) is 2.87. The highest BCUT2D eigenvalue weighted by Crippen LogP contribution is 2.23. The number of thiophene rings is 2. The van der Waals surface area contributed by atoms with Crippen LogP contribution in [0.4, 0.5) is 0 Å². The summed E-state index contributed by atoms with van der Waals surface area (Å²) in [5, 5.41) is 6.51. The fourth-order valence-electron chi connectivity index (χ4n) is 1.94. The summed E-state index contributed by atoms with van der Waals surface area (Å²) in [6.45, 7) is 13.6. The average molecular weight is 309 g/mol. The number of hydrogen-bond acceptors (Lipinski definition) is 2. The van der Waals surface area contributed by atoms with Crippen molar-refractivity contribution in [3.8, 4) is 0 Å². The molecule has 0 aromatic carbocycles. The maximum Gasteiger partial charge on any atom is 0.00504 e. The molecule has 2 heteroatoms. The van der Waals surface area contributed by atoms with Gasteiger partial charge in [0, 0.05) is 4.88 Å². The van der Waals surface area contributed by atoms with Crippen LogP contribution in [0.3, 0.4) is 0 Å². The molecule has 2 rings (SSSR count). The van der Waals surface area contributed by atoms with Gasteiger partial charge in [0.15, 0.2) is 0 Å². The van der Waals surface area contributed by atoms with Crippen molar-refractivity contribution in [1.29, 1.82) is 0 Å². The molecule has 112 valence electrons. The van der Waals surface area contributed by atoms with Gasteiger partial charge in [-0.15, -0.1) is 11.3 Å². The van der Waals surface area contributed by atoms with E-state index in [9.17, 15) is 0 Å². The van der Waals surface area contributed by atoms with Crippen LogP contribution in [0.1, 0.15) is 52.0 Å². The highest BCUT2D eigenvalue weighted by atomic mass is 32.1. The van der Waals surface area contributed by atoms with E-state index in [1.807, 2.05) is 11.3 Å². The third kappa shape index (κ3) is 8.55. The largest absolute Gasteiger partial charge is 0.152 e. The summed E-state index contributed by atoms with van der Waals surface area (Å²) < 4.78 is 0. The lowest BCUT2D eigenvalue weighted by Gasteiger charge is -2.16. The van der Waals surface area contributed by atoms with Gasteiger partial charge in [-0.25, -0.2) is 0 Å². The Morgan fingerprint density at radius 3 is 1.90 bits per heavy atom. The van der Waals surface area contributed by atoms with Crippen molar-refractivity contribution < 1.29 is 0 Å². The molecule has 0 nitrogen and oxygen atoms in total. The zero-order valence-electron chi connectivity index (χ0n) is 13.7. The van der Waals surface area contributed by atoms with E-state index in [1.165, 1.54) is 23.3 Å². The summed E-state index contributed by atoms with van der Waals surface area (Å²) in [5.74, 6) is 0. The fourth-order valence-corrected chi connectivity index (χ4v) is 3.62. The van der Waals surface area contributed by atoms with Crippen LogP contribution in [-0.2, 0) is 12.8 Å². The first-order valence-corrected chi connectivity index (χ1v) is 9.01. The van der Waals surface area contributed by atoms with Gasteiger partial charge in [-0.3, -0.25) is 0 Å². The SMILES string of the molecule is CC(C)(C)Cc1cccs1.CC(C)(C)Cc1ccsc1. The summed E-state index contributed by atoms with van der Waals surface area (Å²) in [4.78, 5) is 1.49. The Bertz CT molecular complexity index is 404. The van der Waals surface area contributed by atoms with Crippen molar-refractivity contribution in [3.05, 3.63) is 44.8 Å². The van der Waals surface area contributed by atoms with E-state index >= 15 is 0 Å². The quantitative estimate of drug-likeness (QED) is 0.581. The van der Waals surface area contributed by atoms with Gasteiger partial charge in [-0.1, -0.05) is 47.6 Å². The molecule has 0 spiro atoms. The molecule has 0 N–H and O–H groups in total. The van der Waals surface area contributed by atoms with E-state index in [-0.39, 0.29) is 0 Å². The first kappa shape index (κ1) is 17.5. The summed E-state index contributed by atoms with van der Waals surface area (Å²) >= 11 is 3.63. The molecule has 0 fully saturated rings. The van der Waals surface area contributed by atoms with Crippen molar-refractivity contribution >= 4 is 22.7 Å². The van der Waals surface area contributed by atoms with E-state index in [1.54, 1.807) is 11.3 Å². The summed E-state index contributed by atoms with van der Waals surface area (Å²) in [5.41, 5.74) is 2.34. The molecular weight excluding hydrogens is 280 g/mol. The fraction of sp³-hybridized carbons (Fsp3) is 0.556. The standard InChI is InChI=1S/2C9H14S/c1-9(2,3)6-8-4-5-10-7-8;1-9(2,3)7-8-5-4-6-10-8/h4-5,7H,6H2,1-3H3;4-6H,7H2,1-3H3. The molecule has 2 heterocycles. The molecule has 0 bridgehead atoms. The van der Waals surface area contributed by atoms with Crippen molar-refractivity contribution in [2.45, 2.75) is 54.4 Å². The van der Waals surface area contributed by atoms with Crippen LogP contribution in [0.15, 0.2) is 34.3 Å². The highest BCUT2D eigenvalue weighted by Gasteiger charge is 2.11. The van der Waals surface area contributed by atoms with Gasteiger partial charge in [0.25, 0.3) is 0 Å². The van der Waals surface area contributed by atoms with E-state index in [0.29, 0.717) is 10.8 Å². The highest BCUT2D eigenvalue weighted by molar-refractivity contribution is 7.09. The van der Waals surface area contributed by atoms with Gasteiger partial charge in [0.05, 0.1) is 0 Å². The zero-order valence-corrected chi connectivity index (χ0v) is 15.3. The second-order valence-corrected chi connectivity index (χ2v) is 9.50. The second-order valence-electron chi connectivity index (χ2n) is 7.69. The monoisotopic (exact) mass is 308 g/mol. The van der Waals surface area contributed by atoms with Gasteiger partial charge in [-0.05, 0) is 57.5 Å². The predicted molar refractivity (Wildman–Crippen MR) is 95.0 cm³/mol. The predicted octanol–water partition coefficient (Wildman–Crippen LogP) is 6.67. The summed E-state index contributed by atoms with van der Waals surface area (Å²) in [6.07, 6.45) is 2.39. The second kappa shape index (κ2) is 7.42. The number of hydrogen-bond donors (Lipinski definition) is 0. The van der Waals surface area contributed by atoms with E-state index < -0.39 is 0 Å². The Balaban J connectivity index is 0.000000200. The minimum Gasteiger partial charge on any atom is -0.152 e. The Kier molecular flexibility index (Phi) is 6.47. The van der Waals surface area contributed by atoms with Gasteiger partial charge in [-0.2, -0.15) is 11.3 Å². The molecule has 20 heavy (non-hydrogen) atoms. The minimum absolute atomic E-state index is 0.432. The Hall–Kier alpha value is -0.600. The maximum atomic E-state index is 2.27. The van der Waals surface area contributed by atoms with Crippen LogP contribution in [0.2, 0.25) is 0 Å². The van der Waals surface area contributed by atoms with Crippen LogP contribution < -0.4 is 0 Å². The van der Waals surface area contributed by atoms with Gasteiger partial charge >= 0.3 is 0 Å². The Labute approximate surface area is 132 Å². The van der Waals surface area contributed by atoms with Crippen molar-refractivity contribution in [2.24, 2.45) is 10.8 Å². The van der Waals surface area contributed by atoms with E-state index in [4.69, 9.17) is 0 Å². The van der Waals surface area contributed by atoms with Gasteiger partial charge < -0.3 is 0 Å². The molecule has 0 radical (unpaired) electrons. The molecule has 0 saturated heterocycles. The molecule has 0 aliphatic rings. The number of rotatable bonds is 2. The molecule has 0 aliphatic carbocycles. The third-order valence-electron chi connectivity index (χ3n) is 2.60. The molecular formula is C18H28S2. The maximum absolute atomic E-state index is 2.27. The molecule has 2 aromatic heterocycles. The molecule has 0 amide bonds. The first-order chi connectivity index (χ1) is 9.16. The van der Waals surface area contributed by atoms with E-state index in [0.717, 1.165) is 0 Å². The van der Waals surface area contributed by atoms with E-state index in [2.05, 4.69) is 75.9 Å². The summed E-state index contributed by atoms with van der Waals surface area (Å²) in [7, 11) is 0. The Morgan fingerprint density at radius 1 is 0.850 bits per heavy atom. The minimum atomic E-state index is 0.432. The van der Waals surface area contributed by atoms with Gasteiger partial charge in [0.2, 0.25) is 0 Å². The van der Waals surface area contributed by atoms with Gasteiger partial charge in [0.1, 0.15) is 0 Å². The molecule has 2 aromatic rings. The third-order valence-corrected chi connectivity index (χ3v) is 4.21. The van der Waals surface area contributed by atoms with Crippen molar-refractivity contribution in [3.63, 3.8) is 0 Å². The molecule has 0 saturated carbocycles. The van der Waals surface area contributed by atoms with Crippen LogP contribution in [0, 0.1) is 10.8 Å². The van der Waals surface area contributed by atoms with Crippen molar-refractivity contribution in [1.82, 2.24) is 0 Å². The van der Waals surface area contributed by atoms with Crippen LogP contribution in [0.25, 0.3) is 0 Å². The smallest absolute Gasteiger partial charge is 0.00504 e. The molecule has 0 unspecified atom stereocenters. The lowest BCUT2D eigenvalue weighted by atomic mass is 9.89. The van der Waals surface area contributed by atoms with Crippen LogP contribution in [0.5, 0.6) is 0 Å². The lowest BCUT2D eigenvalue weighted by Crippen LogP contribution is -2.07. The normalized spacial score (nSPS) is 11.9. The van der Waals surface area contributed by atoms with Crippen LogP contribution in [-0.4, -0.2) is 0 Å². The first-order valence-electron chi connectivity index (χ1n) is 7.19. The van der Waals surface area contributed by atoms with Crippen molar-refractivity contribution in [2.75, 3.05) is 0 Å². The lowest BCUT2D eigenvalue weighted by molar-refractivity contribution is 0.412. The van der Waals surface area contributed by atoms with Crippen LogP contribution >= 0.6 is 22.7 Å². The Morgan fingerprint density at radius 2 is 1.50 bits per heavy atom. The molecule has 0 aliphatic heterocycles. The topological polar surface area (TPSA) is 0 Å². The molecule has 0 atom stereocenters.